The molecule has 0 aliphatic heterocycles. The van der Waals surface area contributed by atoms with Crippen LogP contribution in [0.25, 0.3) is 0 Å². The Morgan fingerprint density at radius 3 is 2.76 bits per heavy atom. The van der Waals surface area contributed by atoms with E-state index in [1.165, 1.54) is 37.7 Å². The van der Waals surface area contributed by atoms with Crippen LogP contribution in [0.1, 0.15) is 55.0 Å². The minimum atomic E-state index is -0.237. The Morgan fingerprint density at radius 1 is 1.41 bits per heavy atom. The van der Waals surface area contributed by atoms with Gasteiger partial charge in [-0.1, -0.05) is 25.3 Å². The second-order valence-electron chi connectivity index (χ2n) is 4.86. The molecule has 2 rings (SSSR count). The molecule has 0 bridgehead atoms. The molecule has 1 fully saturated rings. The van der Waals surface area contributed by atoms with Crippen LogP contribution in [-0.2, 0) is 6.42 Å². The number of H-pyrrole nitrogens is 1. The number of hydrogen-bond acceptors (Lipinski definition) is 2. The zero-order chi connectivity index (χ0) is 12.3. The van der Waals surface area contributed by atoms with Crippen LogP contribution in [0.15, 0.2) is 17.4 Å². The molecule has 0 unspecified atom stereocenters. The maximum atomic E-state index is 11.4. The first-order valence-electron chi connectivity index (χ1n) is 6.43. The number of aromatic amines is 1. The van der Waals surface area contributed by atoms with Crippen molar-refractivity contribution in [3.63, 3.8) is 0 Å². The van der Waals surface area contributed by atoms with Gasteiger partial charge in [0.05, 0.1) is 5.69 Å². The molecule has 3 nitrogen and oxygen atoms in total. The number of aryl methyl sites for hydroxylation is 1. The summed E-state index contributed by atoms with van der Waals surface area (Å²) in [5.41, 5.74) is 2.95. The molecule has 1 aromatic rings. The third-order valence-electron chi connectivity index (χ3n) is 3.60. The molecule has 0 radical (unpaired) electrons. The smallest absolute Gasteiger partial charge is 0.310 e. The predicted molar refractivity (Wildman–Crippen MR) is 69.3 cm³/mol. The van der Waals surface area contributed by atoms with Gasteiger partial charge in [0.25, 0.3) is 0 Å². The second-order valence-corrected chi connectivity index (χ2v) is 4.86. The van der Waals surface area contributed by atoms with Crippen molar-refractivity contribution in [3.05, 3.63) is 40.1 Å². The molecule has 1 aliphatic carbocycles. The quantitative estimate of drug-likeness (QED) is 0.814. The van der Waals surface area contributed by atoms with E-state index in [9.17, 15) is 4.79 Å². The maximum absolute atomic E-state index is 11.4. The molecule has 0 atom stereocenters. The summed E-state index contributed by atoms with van der Waals surface area (Å²) >= 11 is 0. The van der Waals surface area contributed by atoms with Gasteiger partial charge in [-0.15, -0.1) is 6.58 Å². The highest BCUT2D eigenvalue weighted by atomic mass is 16.1. The molecule has 0 saturated heterocycles. The lowest BCUT2D eigenvalue weighted by Crippen LogP contribution is -2.20. The number of aromatic nitrogens is 2. The van der Waals surface area contributed by atoms with E-state index in [1.54, 1.807) is 0 Å². The standard InChI is InChI=1S/C14H20N2O/c1-3-7-12-13(10(2)15-14(17)16-12)11-8-5-4-6-9-11/h3,11H,1,4-9H2,2H3,(H,15,16,17). The van der Waals surface area contributed by atoms with Gasteiger partial charge in [-0.05, 0) is 31.2 Å². The lowest BCUT2D eigenvalue weighted by Gasteiger charge is -2.24. The van der Waals surface area contributed by atoms with Crippen LogP contribution in [0.5, 0.6) is 0 Å². The lowest BCUT2D eigenvalue weighted by molar-refractivity contribution is 0.438. The molecule has 0 amide bonds. The van der Waals surface area contributed by atoms with Crippen LogP contribution in [0, 0.1) is 6.92 Å². The Labute approximate surface area is 102 Å². The fourth-order valence-corrected chi connectivity index (χ4v) is 2.88. The van der Waals surface area contributed by atoms with Crippen LogP contribution in [0.2, 0.25) is 0 Å². The van der Waals surface area contributed by atoms with Crippen LogP contribution < -0.4 is 5.69 Å². The van der Waals surface area contributed by atoms with E-state index in [0.717, 1.165) is 11.4 Å². The second kappa shape index (κ2) is 5.30. The van der Waals surface area contributed by atoms with Crippen molar-refractivity contribution >= 4 is 0 Å². The Kier molecular flexibility index (Phi) is 3.77. The van der Waals surface area contributed by atoms with Crippen LogP contribution in [0.3, 0.4) is 0 Å². The van der Waals surface area contributed by atoms with E-state index in [2.05, 4.69) is 16.5 Å². The molecular weight excluding hydrogens is 212 g/mol. The summed E-state index contributed by atoms with van der Waals surface area (Å²) < 4.78 is 0. The van der Waals surface area contributed by atoms with Gasteiger partial charge in [-0.3, -0.25) is 0 Å². The molecule has 0 aromatic carbocycles. The van der Waals surface area contributed by atoms with E-state index in [1.807, 2.05) is 13.0 Å². The average molecular weight is 232 g/mol. The Bertz CT molecular complexity index is 456. The van der Waals surface area contributed by atoms with Gasteiger partial charge >= 0.3 is 5.69 Å². The van der Waals surface area contributed by atoms with Crippen molar-refractivity contribution in [2.24, 2.45) is 0 Å². The van der Waals surface area contributed by atoms with E-state index in [4.69, 9.17) is 0 Å². The van der Waals surface area contributed by atoms with Gasteiger partial charge in [0, 0.05) is 12.1 Å². The number of hydrogen-bond donors (Lipinski definition) is 1. The van der Waals surface area contributed by atoms with E-state index < -0.39 is 0 Å². The van der Waals surface area contributed by atoms with Gasteiger partial charge in [-0.2, -0.15) is 4.98 Å². The Morgan fingerprint density at radius 2 is 2.12 bits per heavy atom. The highest BCUT2D eigenvalue weighted by Gasteiger charge is 2.21. The van der Waals surface area contributed by atoms with Crippen LogP contribution in [-0.4, -0.2) is 9.97 Å². The minimum Gasteiger partial charge on any atom is -0.310 e. The number of rotatable bonds is 3. The Balaban J connectivity index is 2.41. The molecule has 1 saturated carbocycles. The van der Waals surface area contributed by atoms with Crippen molar-refractivity contribution in [1.82, 2.24) is 9.97 Å². The van der Waals surface area contributed by atoms with E-state index >= 15 is 0 Å². The van der Waals surface area contributed by atoms with Crippen molar-refractivity contribution in [2.45, 2.75) is 51.4 Å². The van der Waals surface area contributed by atoms with Crippen LogP contribution >= 0.6 is 0 Å². The maximum Gasteiger partial charge on any atom is 0.345 e. The van der Waals surface area contributed by atoms with Gasteiger partial charge < -0.3 is 4.98 Å². The number of nitrogens with one attached hydrogen (secondary N) is 1. The first kappa shape index (κ1) is 12.1. The molecule has 1 N–H and O–H groups in total. The van der Waals surface area contributed by atoms with E-state index in [-0.39, 0.29) is 5.69 Å². The van der Waals surface area contributed by atoms with Crippen molar-refractivity contribution in [1.29, 1.82) is 0 Å². The summed E-state index contributed by atoms with van der Waals surface area (Å²) in [7, 11) is 0. The molecule has 0 spiro atoms. The summed E-state index contributed by atoms with van der Waals surface area (Å²) in [5.74, 6) is 0.572. The fourth-order valence-electron chi connectivity index (χ4n) is 2.88. The zero-order valence-electron chi connectivity index (χ0n) is 10.5. The van der Waals surface area contributed by atoms with E-state index in [0.29, 0.717) is 12.3 Å². The van der Waals surface area contributed by atoms with Crippen molar-refractivity contribution in [3.8, 4) is 0 Å². The molecule has 92 valence electrons. The predicted octanol–water partition coefficient (Wildman–Crippen LogP) is 2.85. The minimum absolute atomic E-state index is 0.237. The van der Waals surface area contributed by atoms with Gasteiger partial charge in [0.1, 0.15) is 0 Å². The monoisotopic (exact) mass is 232 g/mol. The summed E-state index contributed by atoms with van der Waals surface area (Å²) in [6, 6.07) is 0. The molecule has 3 heteroatoms. The fraction of sp³-hybridized carbons (Fsp3) is 0.571. The average Bonchev–Trinajstić information content (AvgIpc) is 2.30. The number of nitrogens with zero attached hydrogens (tertiary/aromatic N) is 1. The normalized spacial score (nSPS) is 17.0. The lowest BCUT2D eigenvalue weighted by atomic mass is 9.82. The molecule has 1 aromatic heterocycles. The molecule has 17 heavy (non-hydrogen) atoms. The first-order valence-corrected chi connectivity index (χ1v) is 6.43. The molecule has 1 heterocycles. The summed E-state index contributed by atoms with van der Waals surface area (Å²) in [6.07, 6.45) is 8.87. The summed E-state index contributed by atoms with van der Waals surface area (Å²) in [6.45, 7) is 5.74. The van der Waals surface area contributed by atoms with Gasteiger partial charge in [-0.25, -0.2) is 4.79 Å². The summed E-state index contributed by atoms with van der Waals surface area (Å²) in [5, 5.41) is 0. The third kappa shape index (κ3) is 2.65. The molecule has 1 aliphatic rings. The number of allylic oxidation sites excluding steroid dienone is 1. The first-order chi connectivity index (χ1) is 8.22. The topological polar surface area (TPSA) is 45.8 Å². The van der Waals surface area contributed by atoms with Crippen LogP contribution in [0.4, 0.5) is 0 Å². The third-order valence-corrected chi connectivity index (χ3v) is 3.60. The highest BCUT2D eigenvalue weighted by Crippen LogP contribution is 2.34. The largest absolute Gasteiger partial charge is 0.345 e. The zero-order valence-corrected chi connectivity index (χ0v) is 10.5. The highest BCUT2D eigenvalue weighted by molar-refractivity contribution is 5.29. The SMILES string of the molecule is C=CCc1nc(=O)[nH]c(C)c1C1CCCCC1. The van der Waals surface area contributed by atoms with Crippen molar-refractivity contribution < 1.29 is 0 Å². The van der Waals surface area contributed by atoms with Gasteiger partial charge in [0.2, 0.25) is 0 Å². The molecular formula is C14H20N2O. The summed E-state index contributed by atoms with van der Waals surface area (Å²) in [4.78, 5) is 18.4. The van der Waals surface area contributed by atoms with Gasteiger partial charge in [0.15, 0.2) is 0 Å². The Hall–Kier alpha value is -1.38. The van der Waals surface area contributed by atoms with Crippen molar-refractivity contribution in [2.75, 3.05) is 0 Å².